The quantitative estimate of drug-likeness (QED) is 0.479. The third-order valence-electron chi connectivity index (χ3n) is 4.02. The Bertz CT molecular complexity index is 360. The van der Waals surface area contributed by atoms with E-state index >= 15 is 0 Å². The van der Waals surface area contributed by atoms with Crippen LogP contribution in [-0.2, 0) is 19.2 Å². The van der Waals surface area contributed by atoms with Crippen molar-refractivity contribution in [1.29, 1.82) is 0 Å². The average Bonchev–Trinajstić information content (AvgIpc) is 3.04. The number of hydrogen-bond acceptors (Lipinski definition) is 0. The Morgan fingerprint density at radius 3 is 1.74 bits per heavy atom. The SMILES string of the molecule is CCCCC1=CC=C[CH]1[Ti][CH]1C=CC=C1CCCC. The summed E-state index contributed by atoms with van der Waals surface area (Å²) in [5.74, 6) is 0. The molecule has 19 heavy (non-hydrogen) atoms. The normalized spacial score (nSPS) is 24.7. The van der Waals surface area contributed by atoms with E-state index in [9.17, 15) is 0 Å². The molecular weight excluding hydrogens is 264 g/mol. The molecule has 0 aromatic heterocycles. The second-order valence-electron chi connectivity index (χ2n) is 5.58. The zero-order chi connectivity index (χ0) is 13.5. The van der Waals surface area contributed by atoms with Crippen LogP contribution in [0.1, 0.15) is 52.4 Å². The van der Waals surface area contributed by atoms with E-state index < -0.39 is 0 Å². The second kappa shape index (κ2) is 8.07. The molecule has 0 amide bonds. The van der Waals surface area contributed by atoms with E-state index in [2.05, 4.69) is 50.3 Å². The molecular formula is C18H26Ti. The molecule has 2 unspecified atom stereocenters. The van der Waals surface area contributed by atoms with Crippen molar-refractivity contribution in [1.82, 2.24) is 0 Å². The second-order valence-corrected chi connectivity index (χ2v) is 8.05. The maximum atomic E-state index is 2.47. The minimum absolute atomic E-state index is 0.0419. The van der Waals surface area contributed by atoms with Crippen LogP contribution in [0.5, 0.6) is 0 Å². The van der Waals surface area contributed by atoms with Gasteiger partial charge in [0.2, 0.25) is 0 Å². The summed E-state index contributed by atoms with van der Waals surface area (Å²) in [4.78, 5) is 0. The zero-order valence-corrected chi connectivity index (χ0v) is 13.9. The zero-order valence-electron chi connectivity index (χ0n) is 12.4. The van der Waals surface area contributed by atoms with Crippen LogP contribution in [0.4, 0.5) is 0 Å². The van der Waals surface area contributed by atoms with E-state index in [1.165, 1.54) is 38.5 Å². The van der Waals surface area contributed by atoms with Crippen molar-refractivity contribution in [2.45, 2.75) is 60.8 Å². The maximum absolute atomic E-state index is 2.47. The van der Waals surface area contributed by atoms with Gasteiger partial charge in [-0.25, -0.2) is 0 Å². The van der Waals surface area contributed by atoms with Crippen LogP contribution in [0.15, 0.2) is 47.6 Å². The third-order valence-corrected chi connectivity index (χ3v) is 6.90. The van der Waals surface area contributed by atoms with Crippen molar-refractivity contribution in [3.05, 3.63) is 47.6 Å². The fourth-order valence-corrected chi connectivity index (χ4v) is 5.51. The first kappa shape index (κ1) is 15.1. The van der Waals surface area contributed by atoms with Gasteiger partial charge in [-0.2, -0.15) is 0 Å². The molecule has 1 heteroatoms. The van der Waals surface area contributed by atoms with Crippen LogP contribution in [0.25, 0.3) is 0 Å². The van der Waals surface area contributed by atoms with Crippen LogP contribution in [0.2, 0.25) is 8.45 Å². The number of rotatable bonds is 8. The van der Waals surface area contributed by atoms with E-state index in [0.29, 0.717) is 0 Å². The molecule has 2 rings (SSSR count). The summed E-state index contributed by atoms with van der Waals surface area (Å²) in [6.07, 6.45) is 22.3. The fourth-order valence-electron chi connectivity index (χ4n) is 2.79. The molecule has 2 aliphatic rings. The van der Waals surface area contributed by atoms with Gasteiger partial charge < -0.3 is 0 Å². The Kier molecular flexibility index (Phi) is 6.40. The molecule has 0 aliphatic heterocycles. The third kappa shape index (κ3) is 4.33. The standard InChI is InChI=1S/2C9H13.Ti/c2*1-2-3-6-9-7-4-5-8-9;/h2*4-5,7-8H,2-3,6H2,1H3;. The molecule has 0 fully saturated rings. The van der Waals surface area contributed by atoms with E-state index in [0.717, 1.165) is 8.45 Å². The summed E-state index contributed by atoms with van der Waals surface area (Å²) in [6, 6.07) is 0. The van der Waals surface area contributed by atoms with Gasteiger partial charge in [0, 0.05) is 0 Å². The molecule has 0 bridgehead atoms. The van der Waals surface area contributed by atoms with Gasteiger partial charge in [-0.05, 0) is 0 Å². The summed E-state index contributed by atoms with van der Waals surface area (Å²) in [7, 11) is 0. The predicted octanol–water partition coefficient (Wildman–Crippen LogP) is 6.02. The first-order chi connectivity index (χ1) is 9.35. The van der Waals surface area contributed by atoms with Crippen LogP contribution < -0.4 is 0 Å². The molecule has 2 atom stereocenters. The van der Waals surface area contributed by atoms with Gasteiger partial charge in [0.05, 0.1) is 0 Å². The van der Waals surface area contributed by atoms with E-state index in [1.54, 1.807) is 11.1 Å². The van der Waals surface area contributed by atoms with Crippen LogP contribution in [-0.4, -0.2) is 0 Å². The van der Waals surface area contributed by atoms with Gasteiger partial charge in [-0.3, -0.25) is 0 Å². The Hall–Kier alpha value is -0.326. The van der Waals surface area contributed by atoms with E-state index in [4.69, 9.17) is 0 Å². The Labute approximate surface area is 127 Å². The average molecular weight is 290 g/mol. The van der Waals surface area contributed by atoms with E-state index in [-0.39, 0.29) is 19.2 Å². The van der Waals surface area contributed by atoms with Gasteiger partial charge >= 0.3 is 128 Å². The summed E-state index contributed by atoms with van der Waals surface area (Å²) < 4.78 is 1.65. The number of allylic oxidation sites excluding steroid dienone is 8. The van der Waals surface area contributed by atoms with E-state index in [1.807, 2.05) is 0 Å². The summed E-state index contributed by atoms with van der Waals surface area (Å²) in [5, 5.41) is 0. The molecule has 0 saturated heterocycles. The summed E-state index contributed by atoms with van der Waals surface area (Å²) >= 11 is 0.0419. The molecule has 0 aromatic rings. The molecule has 0 nitrogen and oxygen atoms in total. The van der Waals surface area contributed by atoms with Crippen molar-refractivity contribution in [2.75, 3.05) is 0 Å². The molecule has 102 valence electrons. The first-order valence-corrected chi connectivity index (χ1v) is 9.66. The Morgan fingerprint density at radius 1 is 0.842 bits per heavy atom. The number of hydrogen-bond donors (Lipinski definition) is 0. The number of unbranched alkanes of at least 4 members (excludes halogenated alkanes) is 2. The van der Waals surface area contributed by atoms with Crippen LogP contribution in [0.3, 0.4) is 0 Å². The van der Waals surface area contributed by atoms with Crippen molar-refractivity contribution in [2.24, 2.45) is 0 Å². The van der Waals surface area contributed by atoms with Crippen LogP contribution >= 0.6 is 0 Å². The molecule has 2 aliphatic carbocycles. The molecule has 0 saturated carbocycles. The molecule has 0 N–H and O–H groups in total. The van der Waals surface area contributed by atoms with Crippen molar-refractivity contribution >= 4 is 0 Å². The van der Waals surface area contributed by atoms with Crippen molar-refractivity contribution in [3.8, 4) is 0 Å². The molecule has 0 spiro atoms. The molecule has 0 aromatic carbocycles. The van der Waals surface area contributed by atoms with Gasteiger partial charge in [0.1, 0.15) is 0 Å². The van der Waals surface area contributed by atoms with Gasteiger partial charge in [0.25, 0.3) is 0 Å². The summed E-state index contributed by atoms with van der Waals surface area (Å²) in [6.45, 7) is 4.58. The molecule has 0 radical (unpaired) electrons. The monoisotopic (exact) mass is 290 g/mol. The topological polar surface area (TPSA) is 0 Å². The fraction of sp³-hybridized carbons (Fsp3) is 0.556. The first-order valence-electron chi connectivity index (χ1n) is 7.85. The van der Waals surface area contributed by atoms with Gasteiger partial charge in [-0.15, -0.1) is 0 Å². The van der Waals surface area contributed by atoms with Gasteiger partial charge in [-0.1, -0.05) is 0 Å². The summed E-state index contributed by atoms with van der Waals surface area (Å²) in [5.41, 5.74) is 3.44. The van der Waals surface area contributed by atoms with Crippen molar-refractivity contribution < 1.29 is 19.2 Å². The van der Waals surface area contributed by atoms with Crippen LogP contribution in [0, 0.1) is 0 Å². The Balaban J connectivity index is 1.86. The molecule has 0 heterocycles. The van der Waals surface area contributed by atoms with Gasteiger partial charge in [0.15, 0.2) is 0 Å². The van der Waals surface area contributed by atoms with Crippen molar-refractivity contribution in [3.63, 3.8) is 0 Å². The Morgan fingerprint density at radius 2 is 1.32 bits per heavy atom. The minimum atomic E-state index is 0.0419. The predicted molar refractivity (Wildman–Crippen MR) is 81.0 cm³/mol.